The first-order valence-corrected chi connectivity index (χ1v) is 12.9. The first-order chi connectivity index (χ1) is 16.7. The van der Waals surface area contributed by atoms with Crippen molar-refractivity contribution >= 4 is 6.09 Å². The van der Waals surface area contributed by atoms with Crippen LogP contribution >= 0.6 is 0 Å². The fourth-order valence-corrected chi connectivity index (χ4v) is 6.07. The number of piperidine rings is 1. The van der Waals surface area contributed by atoms with E-state index < -0.39 is 17.3 Å². The van der Waals surface area contributed by atoms with E-state index in [0.29, 0.717) is 25.1 Å². The largest absolute Gasteiger partial charge is 0.444 e. The van der Waals surface area contributed by atoms with Crippen LogP contribution < -0.4 is 0 Å². The molecule has 1 aliphatic carbocycles. The number of carbonyl (C=O) groups is 1. The number of likely N-dealkylation sites (tertiary alicyclic amines) is 1. The van der Waals surface area contributed by atoms with Crippen LogP contribution in [0.3, 0.4) is 0 Å². The first kappa shape index (κ1) is 27.2. The van der Waals surface area contributed by atoms with Crippen LogP contribution in [0.4, 0.5) is 18.0 Å². The third kappa shape index (κ3) is 5.53. The van der Waals surface area contributed by atoms with E-state index in [4.69, 9.17) is 9.47 Å². The lowest BCUT2D eigenvalue weighted by Gasteiger charge is -2.52. The Morgan fingerprint density at radius 3 is 2.28 bits per heavy atom. The summed E-state index contributed by atoms with van der Waals surface area (Å²) in [7, 11) is 1.57. The molecule has 202 valence electrons. The Labute approximate surface area is 212 Å². The van der Waals surface area contributed by atoms with Crippen molar-refractivity contribution < 1.29 is 27.4 Å². The maximum absolute atomic E-state index is 13.3. The Morgan fingerprint density at radius 1 is 1.06 bits per heavy atom. The predicted molar refractivity (Wildman–Crippen MR) is 132 cm³/mol. The van der Waals surface area contributed by atoms with Crippen molar-refractivity contribution in [1.82, 2.24) is 14.7 Å². The highest BCUT2D eigenvalue weighted by molar-refractivity contribution is 5.68. The third-order valence-electron chi connectivity index (χ3n) is 8.18. The van der Waals surface area contributed by atoms with Crippen LogP contribution in [0.25, 0.3) is 0 Å². The Bertz CT molecular complexity index is 954. The van der Waals surface area contributed by atoms with Crippen molar-refractivity contribution in [2.45, 2.75) is 89.4 Å². The van der Waals surface area contributed by atoms with E-state index in [-0.39, 0.29) is 29.8 Å². The SMILES string of the molecule is COC1CC(N2CCN(C3(C)CCN(C(=O)OC(C)(C)C)CC3)C[C@@H]2C)c2ccc(C(F)(F)F)cc21. The Morgan fingerprint density at radius 2 is 1.72 bits per heavy atom. The second-order valence-corrected chi connectivity index (χ2v) is 11.8. The molecule has 2 unspecified atom stereocenters. The van der Waals surface area contributed by atoms with Crippen LogP contribution in [0, 0.1) is 0 Å². The number of benzene rings is 1. The van der Waals surface area contributed by atoms with Gasteiger partial charge in [0, 0.05) is 57.5 Å². The van der Waals surface area contributed by atoms with Crippen molar-refractivity contribution in [1.29, 1.82) is 0 Å². The fraction of sp³-hybridized carbons (Fsp3) is 0.741. The zero-order valence-electron chi connectivity index (χ0n) is 22.3. The van der Waals surface area contributed by atoms with Crippen LogP contribution in [0.5, 0.6) is 0 Å². The molecular weight excluding hydrogens is 471 g/mol. The zero-order chi connectivity index (χ0) is 26.5. The van der Waals surface area contributed by atoms with Gasteiger partial charge in [0.05, 0.1) is 11.7 Å². The van der Waals surface area contributed by atoms with Crippen LogP contribution in [-0.4, -0.2) is 77.8 Å². The quantitative estimate of drug-likeness (QED) is 0.526. The number of amides is 1. The molecule has 1 aromatic rings. The lowest BCUT2D eigenvalue weighted by Crippen LogP contribution is -2.62. The van der Waals surface area contributed by atoms with Crippen LogP contribution in [-0.2, 0) is 15.7 Å². The summed E-state index contributed by atoms with van der Waals surface area (Å²) in [5, 5.41) is 0. The fourth-order valence-electron chi connectivity index (χ4n) is 6.07. The van der Waals surface area contributed by atoms with E-state index in [0.717, 1.165) is 38.0 Å². The van der Waals surface area contributed by atoms with E-state index in [2.05, 4.69) is 23.6 Å². The zero-order valence-corrected chi connectivity index (χ0v) is 22.3. The van der Waals surface area contributed by atoms with E-state index in [1.807, 2.05) is 25.7 Å². The van der Waals surface area contributed by atoms with Crippen molar-refractivity contribution in [2.24, 2.45) is 0 Å². The molecule has 2 aliphatic heterocycles. The summed E-state index contributed by atoms with van der Waals surface area (Å²) in [6.07, 6.45) is -2.50. The number of alkyl halides is 3. The summed E-state index contributed by atoms with van der Waals surface area (Å²) in [6, 6.07) is 4.41. The number of hydrogen-bond donors (Lipinski definition) is 0. The molecule has 36 heavy (non-hydrogen) atoms. The highest BCUT2D eigenvalue weighted by atomic mass is 19.4. The molecule has 2 heterocycles. The van der Waals surface area contributed by atoms with Gasteiger partial charge in [-0.25, -0.2) is 4.79 Å². The van der Waals surface area contributed by atoms with Gasteiger partial charge in [-0.1, -0.05) is 6.07 Å². The van der Waals surface area contributed by atoms with Gasteiger partial charge in [0.15, 0.2) is 0 Å². The minimum absolute atomic E-state index is 0.00310. The van der Waals surface area contributed by atoms with Crippen LogP contribution in [0.2, 0.25) is 0 Å². The monoisotopic (exact) mass is 511 g/mol. The summed E-state index contributed by atoms with van der Waals surface area (Å²) in [6.45, 7) is 14.1. The van der Waals surface area contributed by atoms with E-state index in [1.54, 1.807) is 13.2 Å². The van der Waals surface area contributed by atoms with E-state index in [1.165, 1.54) is 12.1 Å². The summed E-state index contributed by atoms with van der Waals surface area (Å²) < 4.78 is 51.1. The minimum atomic E-state index is -4.36. The molecule has 2 fully saturated rings. The number of halogens is 3. The summed E-state index contributed by atoms with van der Waals surface area (Å²) in [5.74, 6) is 0. The van der Waals surface area contributed by atoms with E-state index >= 15 is 0 Å². The van der Waals surface area contributed by atoms with Crippen molar-refractivity contribution in [3.8, 4) is 0 Å². The highest BCUT2D eigenvalue weighted by Crippen LogP contribution is 2.47. The predicted octanol–water partition coefficient (Wildman–Crippen LogP) is 5.63. The summed E-state index contributed by atoms with van der Waals surface area (Å²) in [5.41, 5.74) is 0.495. The third-order valence-corrected chi connectivity index (χ3v) is 8.18. The normalized spacial score (nSPS) is 27.7. The van der Waals surface area contributed by atoms with Crippen LogP contribution in [0.1, 0.15) is 82.7 Å². The maximum atomic E-state index is 13.3. The van der Waals surface area contributed by atoms with Gasteiger partial charge in [0.2, 0.25) is 0 Å². The average Bonchev–Trinajstić information content (AvgIpc) is 3.15. The smallest absolute Gasteiger partial charge is 0.416 e. The van der Waals surface area contributed by atoms with Crippen molar-refractivity contribution in [3.63, 3.8) is 0 Å². The lowest BCUT2D eigenvalue weighted by molar-refractivity contribution is -0.137. The highest BCUT2D eigenvalue weighted by Gasteiger charge is 2.44. The number of hydrogen-bond acceptors (Lipinski definition) is 5. The molecule has 0 bridgehead atoms. The lowest BCUT2D eigenvalue weighted by atomic mass is 9.86. The molecule has 1 amide bonds. The van der Waals surface area contributed by atoms with Crippen LogP contribution in [0.15, 0.2) is 18.2 Å². The maximum Gasteiger partial charge on any atom is 0.416 e. The van der Waals surface area contributed by atoms with Gasteiger partial charge in [-0.2, -0.15) is 13.2 Å². The Hall–Kier alpha value is -1.84. The molecule has 0 spiro atoms. The molecule has 9 heteroatoms. The van der Waals surface area contributed by atoms with Crippen molar-refractivity contribution in [2.75, 3.05) is 39.8 Å². The topological polar surface area (TPSA) is 45.2 Å². The number of rotatable bonds is 3. The van der Waals surface area contributed by atoms with Gasteiger partial charge in [0.1, 0.15) is 5.60 Å². The van der Waals surface area contributed by atoms with Gasteiger partial charge < -0.3 is 14.4 Å². The van der Waals surface area contributed by atoms with E-state index in [9.17, 15) is 18.0 Å². The van der Waals surface area contributed by atoms with Gasteiger partial charge in [-0.3, -0.25) is 9.80 Å². The number of fused-ring (bicyclic) bond motifs is 1. The molecule has 0 saturated carbocycles. The van der Waals surface area contributed by atoms with Gasteiger partial charge in [0.25, 0.3) is 0 Å². The Balaban J connectivity index is 1.41. The summed E-state index contributed by atoms with van der Waals surface area (Å²) in [4.78, 5) is 19.3. The number of ether oxygens (including phenoxy) is 2. The molecule has 0 N–H and O–H groups in total. The second-order valence-electron chi connectivity index (χ2n) is 11.8. The molecule has 0 aromatic heterocycles. The molecule has 4 rings (SSSR count). The average molecular weight is 512 g/mol. The Kier molecular flexibility index (Phi) is 7.40. The summed E-state index contributed by atoms with van der Waals surface area (Å²) >= 11 is 0. The molecule has 2 saturated heterocycles. The standard InChI is InChI=1S/C27H40F3N3O3/c1-18-17-32(26(5)9-11-31(12-10-26)24(34)36-25(2,3)4)13-14-33(18)22-16-23(35-6)21-15-19(27(28,29)30)7-8-20(21)22/h7-8,15,18,22-23H,9-14,16-17H2,1-6H3/t18-,22?,23?/m0/s1. The first-order valence-electron chi connectivity index (χ1n) is 12.9. The molecule has 1 aromatic carbocycles. The molecule has 6 nitrogen and oxygen atoms in total. The van der Waals surface area contributed by atoms with Gasteiger partial charge in [-0.05, 0) is 77.1 Å². The second kappa shape index (κ2) is 9.80. The molecule has 0 radical (unpaired) electrons. The molecule has 3 atom stereocenters. The number of nitrogens with zero attached hydrogens (tertiary/aromatic N) is 3. The van der Waals surface area contributed by atoms with Crippen molar-refractivity contribution in [3.05, 3.63) is 34.9 Å². The van der Waals surface area contributed by atoms with Gasteiger partial charge in [-0.15, -0.1) is 0 Å². The molecule has 3 aliphatic rings. The number of methoxy groups -OCH3 is 1. The number of piperazine rings is 1. The minimum Gasteiger partial charge on any atom is -0.444 e. The van der Waals surface area contributed by atoms with Gasteiger partial charge >= 0.3 is 12.3 Å². The molecular formula is C27H40F3N3O3. The number of carbonyl (C=O) groups excluding carboxylic acids is 1.